The molecule has 36 heavy (non-hydrogen) atoms. The number of carbonyl (C=O) groups is 1. The van der Waals surface area contributed by atoms with Crippen LogP contribution in [0.2, 0.25) is 0 Å². The van der Waals surface area contributed by atoms with Gasteiger partial charge in [0.05, 0.1) is 12.2 Å². The Morgan fingerprint density at radius 3 is 1.97 bits per heavy atom. The highest BCUT2D eigenvalue weighted by molar-refractivity contribution is 6.22. The van der Waals surface area contributed by atoms with E-state index in [9.17, 15) is 15.0 Å². The molecule has 0 aromatic heterocycles. The van der Waals surface area contributed by atoms with Crippen LogP contribution in [-0.4, -0.2) is 16.0 Å². The third kappa shape index (κ3) is 3.55. The van der Waals surface area contributed by atoms with Gasteiger partial charge in [0.15, 0.2) is 5.78 Å². The molecule has 0 saturated heterocycles. The molecule has 3 aromatic rings. The quantitative estimate of drug-likeness (QED) is 0.408. The Morgan fingerprint density at radius 2 is 1.33 bits per heavy atom. The van der Waals surface area contributed by atoms with E-state index in [2.05, 4.69) is 42.5 Å². The zero-order valence-corrected chi connectivity index (χ0v) is 20.8. The first-order valence-electron chi connectivity index (χ1n) is 13.8. The second-order valence-electron chi connectivity index (χ2n) is 12.1. The van der Waals surface area contributed by atoms with Gasteiger partial charge in [0.1, 0.15) is 5.76 Å². The average molecular weight is 479 g/mol. The number of aliphatic hydroxyl groups excluding tert-OH is 2. The van der Waals surface area contributed by atoms with Crippen LogP contribution in [0.4, 0.5) is 0 Å². The summed E-state index contributed by atoms with van der Waals surface area (Å²) in [5.74, 6) is 2.87. The van der Waals surface area contributed by atoms with E-state index in [0.29, 0.717) is 18.4 Å². The lowest BCUT2D eigenvalue weighted by Gasteiger charge is -2.57. The number of carbonyl (C=O) groups excluding carboxylic acids is 1. The molecule has 5 aliphatic carbocycles. The van der Waals surface area contributed by atoms with E-state index in [1.165, 1.54) is 55.2 Å². The fraction of sp³-hybridized carbons (Fsp3) is 0.424. The number of hydrogen-bond acceptors (Lipinski definition) is 3. The summed E-state index contributed by atoms with van der Waals surface area (Å²) in [4.78, 5) is 12.5. The molecular weight excluding hydrogens is 444 g/mol. The van der Waals surface area contributed by atoms with Crippen molar-refractivity contribution in [2.24, 2.45) is 17.8 Å². The molecule has 0 amide bonds. The summed E-state index contributed by atoms with van der Waals surface area (Å²) in [5.41, 5.74) is 6.46. The molecule has 5 aliphatic rings. The van der Waals surface area contributed by atoms with Crippen molar-refractivity contribution >= 4 is 22.1 Å². The van der Waals surface area contributed by atoms with Crippen LogP contribution in [-0.2, 0) is 16.8 Å². The van der Waals surface area contributed by atoms with E-state index >= 15 is 0 Å². The number of benzene rings is 3. The molecule has 3 nitrogen and oxygen atoms in total. The minimum atomic E-state index is 0.0379. The van der Waals surface area contributed by atoms with E-state index in [1.807, 2.05) is 12.1 Å². The summed E-state index contributed by atoms with van der Waals surface area (Å²) >= 11 is 0. The lowest BCUT2D eigenvalue weighted by Crippen LogP contribution is -2.49. The van der Waals surface area contributed by atoms with Crippen molar-refractivity contribution in [2.75, 3.05) is 0 Å². The summed E-state index contributed by atoms with van der Waals surface area (Å²) in [6, 6.07) is 19.3. The zero-order valence-electron chi connectivity index (χ0n) is 20.8. The largest absolute Gasteiger partial charge is 0.512 e. The van der Waals surface area contributed by atoms with Crippen LogP contribution in [0, 0.1) is 17.8 Å². The van der Waals surface area contributed by atoms with Crippen LogP contribution < -0.4 is 0 Å². The predicted molar refractivity (Wildman–Crippen MR) is 144 cm³/mol. The van der Waals surface area contributed by atoms with Gasteiger partial charge in [-0.1, -0.05) is 42.5 Å². The van der Waals surface area contributed by atoms with Gasteiger partial charge in [-0.05, 0) is 119 Å². The van der Waals surface area contributed by atoms with Crippen molar-refractivity contribution in [1.29, 1.82) is 0 Å². The first-order chi connectivity index (χ1) is 17.5. The van der Waals surface area contributed by atoms with E-state index in [-0.39, 0.29) is 23.6 Å². The van der Waals surface area contributed by atoms with Gasteiger partial charge in [-0.15, -0.1) is 0 Å². The smallest absolute Gasteiger partial charge is 0.166 e. The van der Waals surface area contributed by atoms with Crippen molar-refractivity contribution in [2.45, 2.75) is 69.8 Å². The third-order valence-corrected chi connectivity index (χ3v) is 9.74. The summed E-state index contributed by atoms with van der Waals surface area (Å²) < 4.78 is 0. The highest BCUT2D eigenvalue weighted by atomic mass is 16.3. The average Bonchev–Trinajstić information content (AvgIpc) is 2.87. The highest BCUT2D eigenvalue weighted by Crippen LogP contribution is 2.61. The zero-order chi connectivity index (χ0) is 24.4. The van der Waals surface area contributed by atoms with Gasteiger partial charge in [0, 0.05) is 12.8 Å². The monoisotopic (exact) mass is 478 g/mol. The van der Waals surface area contributed by atoms with Crippen LogP contribution in [0.5, 0.6) is 0 Å². The van der Waals surface area contributed by atoms with Gasteiger partial charge in [-0.3, -0.25) is 4.79 Å². The minimum absolute atomic E-state index is 0.0379. The summed E-state index contributed by atoms with van der Waals surface area (Å²) in [6.45, 7) is 0.110. The first-order valence-corrected chi connectivity index (χ1v) is 13.8. The van der Waals surface area contributed by atoms with Crippen molar-refractivity contribution in [3.63, 3.8) is 0 Å². The fourth-order valence-corrected chi connectivity index (χ4v) is 8.56. The van der Waals surface area contributed by atoms with Gasteiger partial charge in [-0.2, -0.15) is 0 Å². The maximum Gasteiger partial charge on any atom is 0.166 e. The van der Waals surface area contributed by atoms with Crippen LogP contribution >= 0.6 is 0 Å². The lowest BCUT2D eigenvalue weighted by molar-refractivity contribution is -0.114. The number of rotatable bonds is 4. The van der Waals surface area contributed by atoms with Gasteiger partial charge < -0.3 is 10.2 Å². The number of ketones is 1. The normalized spacial score (nSPS) is 29.4. The molecule has 3 aromatic carbocycles. The number of Topliss-reactive ketones (excluding diaryl/α,β-unsaturated/α-hetero) is 1. The van der Waals surface area contributed by atoms with E-state index in [0.717, 1.165) is 46.1 Å². The summed E-state index contributed by atoms with van der Waals surface area (Å²) in [5, 5.41) is 22.8. The summed E-state index contributed by atoms with van der Waals surface area (Å²) in [6.07, 6.45) is 9.93. The van der Waals surface area contributed by atoms with E-state index < -0.39 is 0 Å². The second kappa shape index (κ2) is 8.31. The number of hydrogen-bond donors (Lipinski definition) is 2. The molecule has 8 rings (SSSR count). The molecule has 0 unspecified atom stereocenters. The molecule has 0 heterocycles. The van der Waals surface area contributed by atoms with E-state index in [1.54, 1.807) is 0 Å². The molecule has 2 N–H and O–H groups in total. The van der Waals surface area contributed by atoms with E-state index in [4.69, 9.17) is 0 Å². The van der Waals surface area contributed by atoms with Crippen molar-refractivity contribution in [3.05, 3.63) is 77.0 Å². The van der Waals surface area contributed by atoms with Gasteiger partial charge in [0.25, 0.3) is 0 Å². The Kier molecular flexibility index (Phi) is 5.15. The molecule has 4 saturated carbocycles. The Bertz CT molecular complexity index is 1380. The molecule has 3 heteroatoms. The van der Waals surface area contributed by atoms with Gasteiger partial charge in [0.2, 0.25) is 0 Å². The minimum Gasteiger partial charge on any atom is -0.512 e. The maximum absolute atomic E-state index is 12.5. The molecule has 0 atom stereocenters. The molecule has 0 spiro atoms. The number of allylic oxidation sites excluding steroid dienone is 2. The fourth-order valence-electron chi connectivity index (χ4n) is 8.56. The topological polar surface area (TPSA) is 57.5 Å². The Labute approximate surface area is 212 Å². The van der Waals surface area contributed by atoms with Crippen LogP contribution in [0.1, 0.15) is 74.5 Å². The molecule has 0 aliphatic heterocycles. The first kappa shape index (κ1) is 22.3. The molecular formula is C33H34O3. The van der Waals surface area contributed by atoms with Crippen LogP contribution in [0.15, 0.2) is 60.4 Å². The molecule has 4 fully saturated rings. The van der Waals surface area contributed by atoms with Gasteiger partial charge >= 0.3 is 0 Å². The number of fused-ring (bicyclic) bond motifs is 1. The highest BCUT2D eigenvalue weighted by Gasteiger charge is 2.52. The number of aliphatic hydroxyl groups is 2. The van der Waals surface area contributed by atoms with Crippen molar-refractivity contribution in [1.82, 2.24) is 0 Å². The molecule has 0 radical (unpaired) electrons. The Balaban J connectivity index is 1.27. The molecule has 4 bridgehead atoms. The van der Waals surface area contributed by atoms with Gasteiger partial charge in [-0.25, -0.2) is 0 Å². The Morgan fingerprint density at radius 1 is 0.750 bits per heavy atom. The van der Waals surface area contributed by atoms with Crippen molar-refractivity contribution < 1.29 is 15.0 Å². The van der Waals surface area contributed by atoms with Crippen LogP contribution in [0.3, 0.4) is 0 Å². The van der Waals surface area contributed by atoms with Crippen molar-refractivity contribution in [3.8, 4) is 11.1 Å². The lowest BCUT2D eigenvalue weighted by atomic mass is 9.47. The Hall–Kier alpha value is -2.91. The maximum atomic E-state index is 12.5. The molecule has 184 valence electrons. The predicted octanol–water partition coefficient (Wildman–Crippen LogP) is 7.49. The standard InChI is InChI=1S/C33H34O3/c34-19-28-9-7-26(15-29(28)33-16-20-10-21(17-33)12-22(11-20)18-33)24-4-5-25-14-27(8-6-23(25)13-24)32-30(35)2-1-3-31(32)36/h4-9,13-15,20-22,34-35H,1-3,10-12,16-19H2. The summed E-state index contributed by atoms with van der Waals surface area (Å²) in [7, 11) is 0. The third-order valence-electron chi connectivity index (χ3n) is 9.74. The SMILES string of the molecule is O=C1CCCC(O)=C1c1ccc2cc(-c3ccc(CO)c(C45CC6CC(CC(C6)C4)C5)c3)ccc2c1. The van der Waals surface area contributed by atoms with Crippen LogP contribution in [0.25, 0.3) is 27.5 Å². The second-order valence-corrected chi connectivity index (χ2v) is 12.1.